The van der Waals surface area contributed by atoms with Crippen molar-refractivity contribution in [2.45, 2.75) is 26.2 Å². The number of esters is 1. The van der Waals surface area contributed by atoms with Gasteiger partial charge in [0, 0.05) is 12.1 Å². The Morgan fingerprint density at radius 1 is 1.00 bits per heavy atom. The molecule has 0 radical (unpaired) electrons. The van der Waals surface area contributed by atoms with Gasteiger partial charge in [-0.25, -0.2) is 9.59 Å². The molecule has 0 saturated heterocycles. The number of nitro benzene ring substituents is 1. The van der Waals surface area contributed by atoms with Crippen LogP contribution in [0.3, 0.4) is 0 Å². The largest absolute Gasteiger partial charge is 0.459 e. The lowest BCUT2D eigenvalue weighted by molar-refractivity contribution is -0.384. The number of ether oxygens (including phenoxy) is 2. The van der Waals surface area contributed by atoms with Crippen molar-refractivity contribution < 1.29 is 24.0 Å². The zero-order valence-electron chi connectivity index (χ0n) is 14.1. The smallest absolute Gasteiger partial charge is 0.408 e. The summed E-state index contributed by atoms with van der Waals surface area (Å²) in [5, 5.41) is 13.0. The molecule has 0 aromatic heterocycles. The fourth-order valence-electron chi connectivity index (χ4n) is 1.99. The number of benzene rings is 2. The van der Waals surface area contributed by atoms with Gasteiger partial charge in [-0.15, -0.1) is 0 Å². The zero-order chi connectivity index (χ0) is 18.9. The molecular weight excluding hydrogens is 340 g/mol. The van der Waals surface area contributed by atoms with E-state index in [0.717, 1.165) is 5.56 Å². The van der Waals surface area contributed by atoms with Gasteiger partial charge in [0.25, 0.3) is 5.69 Å². The van der Waals surface area contributed by atoms with E-state index in [1.807, 2.05) is 30.3 Å². The monoisotopic (exact) mass is 358 g/mol. The molecule has 8 nitrogen and oxygen atoms in total. The van der Waals surface area contributed by atoms with Crippen molar-refractivity contribution in [3.63, 3.8) is 0 Å². The minimum atomic E-state index is -0.892. The number of rotatable bonds is 7. The summed E-state index contributed by atoms with van der Waals surface area (Å²) in [4.78, 5) is 33.7. The van der Waals surface area contributed by atoms with Gasteiger partial charge in [-0.2, -0.15) is 0 Å². The third-order valence-electron chi connectivity index (χ3n) is 3.43. The van der Waals surface area contributed by atoms with Crippen LogP contribution in [0.15, 0.2) is 54.6 Å². The lowest BCUT2D eigenvalue weighted by Crippen LogP contribution is -2.39. The van der Waals surface area contributed by atoms with Crippen LogP contribution in [0.25, 0.3) is 0 Å². The van der Waals surface area contributed by atoms with Crippen molar-refractivity contribution in [1.82, 2.24) is 5.32 Å². The van der Waals surface area contributed by atoms with E-state index < -0.39 is 23.0 Å². The Labute approximate surface area is 149 Å². The summed E-state index contributed by atoms with van der Waals surface area (Å²) in [6.07, 6.45) is -0.728. The van der Waals surface area contributed by atoms with Crippen LogP contribution in [-0.2, 0) is 27.5 Å². The van der Waals surface area contributed by atoms with Crippen molar-refractivity contribution in [1.29, 1.82) is 0 Å². The number of non-ortho nitro benzene ring substituents is 1. The first-order chi connectivity index (χ1) is 12.5. The molecule has 0 unspecified atom stereocenters. The number of alkyl carbamates (subject to hydrolysis) is 1. The van der Waals surface area contributed by atoms with Crippen LogP contribution in [0.5, 0.6) is 0 Å². The second-order valence-corrected chi connectivity index (χ2v) is 5.46. The van der Waals surface area contributed by atoms with Crippen molar-refractivity contribution in [3.8, 4) is 0 Å². The summed E-state index contributed by atoms with van der Waals surface area (Å²) in [5.41, 5.74) is 1.38. The number of carbonyl (C=O) groups is 2. The van der Waals surface area contributed by atoms with Crippen molar-refractivity contribution in [2.75, 3.05) is 0 Å². The Kier molecular flexibility index (Phi) is 6.67. The van der Waals surface area contributed by atoms with Gasteiger partial charge < -0.3 is 14.8 Å². The van der Waals surface area contributed by atoms with Gasteiger partial charge in [0.15, 0.2) is 0 Å². The highest BCUT2D eigenvalue weighted by Gasteiger charge is 2.18. The number of nitrogens with zero attached hydrogens (tertiary/aromatic N) is 1. The number of amides is 1. The predicted molar refractivity (Wildman–Crippen MR) is 92.1 cm³/mol. The molecule has 2 aromatic carbocycles. The lowest BCUT2D eigenvalue weighted by Gasteiger charge is -2.13. The number of nitrogens with one attached hydrogen (secondary N) is 1. The molecule has 26 heavy (non-hydrogen) atoms. The average molecular weight is 358 g/mol. The summed E-state index contributed by atoms with van der Waals surface area (Å²) in [7, 11) is 0. The first-order valence-corrected chi connectivity index (χ1v) is 7.83. The van der Waals surface area contributed by atoms with E-state index in [2.05, 4.69) is 5.32 Å². The van der Waals surface area contributed by atoms with Crippen LogP contribution in [-0.4, -0.2) is 23.0 Å². The highest BCUT2D eigenvalue weighted by molar-refractivity contribution is 5.80. The summed E-state index contributed by atoms with van der Waals surface area (Å²) in [6, 6.07) is 13.9. The highest BCUT2D eigenvalue weighted by atomic mass is 16.6. The van der Waals surface area contributed by atoms with E-state index in [9.17, 15) is 19.7 Å². The number of hydrogen-bond acceptors (Lipinski definition) is 6. The second-order valence-electron chi connectivity index (χ2n) is 5.46. The van der Waals surface area contributed by atoms with E-state index in [4.69, 9.17) is 9.47 Å². The molecule has 1 amide bonds. The van der Waals surface area contributed by atoms with Crippen LogP contribution < -0.4 is 5.32 Å². The molecule has 0 aliphatic heterocycles. The average Bonchev–Trinajstić information content (AvgIpc) is 2.65. The molecule has 2 rings (SSSR count). The van der Waals surface area contributed by atoms with E-state index in [0.29, 0.717) is 5.56 Å². The van der Waals surface area contributed by atoms with E-state index in [1.54, 1.807) is 0 Å². The number of carbonyl (C=O) groups excluding carboxylic acids is 2. The Morgan fingerprint density at radius 3 is 2.19 bits per heavy atom. The molecule has 136 valence electrons. The van der Waals surface area contributed by atoms with Gasteiger partial charge in [0.2, 0.25) is 0 Å². The summed E-state index contributed by atoms with van der Waals surface area (Å²) >= 11 is 0. The molecule has 0 fully saturated rings. The lowest BCUT2D eigenvalue weighted by atomic mass is 10.2. The SMILES string of the molecule is C[C@@H](NC(=O)OCc1ccccc1)C(=O)OCc1ccc([N+](=O)[O-])cc1. The maximum atomic E-state index is 11.9. The molecule has 2 aromatic rings. The van der Waals surface area contributed by atoms with Crippen molar-refractivity contribution in [3.05, 3.63) is 75.8 Å². The molecule has 1 N–H and O–H groups in total. The van der Waals surface area contributed by atoms with Crippen molar-refractivity contribution >= 4 is 17.7 Å². The summed E-state index contributed by atoms with van der Waals surface area (Å²) in [6.45, 7) is 1.51. The Hall–Kier alpha value is -3.42. The normalized spacial score (nSPS) is 11.3. The van der Waals surface area contributed by atoms with Gasteiger partial charge in [0.1, 0.15) is 19.3 Å². The van der Waals surface area contributed by atoms with E-state index in [-0.39, 0.29) is 18.9 Å². The second kappa shape index (κ2) is 9.16. The molecule has 0 bridgehead atoms. The molecule has 0 saturated carbocycles. The van der Waals surface area contributed by atoms with Gasteiger partial charge in [-0.1, -0.05) is 30.3 Å². The molecule has 8 heteroatoms. The van der Waals surface area contributed by atoms with Crippen molar-refractivity contribution in [2.24, 2.45) is 0 Å². The quantitative estimate of drug-likeness (QED) is 0.463. The maximum absolute atomic E-state index is 11.9. The Bertz CT molecular complexity index is 761. The Balaban J connectivity index is 1.74. The molecule has 0 aliphatic carbocycles. The van der Waals surface area contributed by atoms with Crippen LogP contribution in [0.4, 0.5) is 10.5 Å². The van der Waals surface area contributed by atoms with E-state index in [1.165, 1.54) is 31.2 Å². The van der Waals surface area contributed by atoms with Crippen LogP contribution in [0, 0.1) is 10.1 Å². The fourth-order valence-corrected chi connectivity index (χ4v) is 1.99. The van der Waals surface area contributed by atoms with Gasteiger partial charge in [-0.3, -0.25) is 10.1 Å². The Morgan fingerprint density at radius 2 is 1.58 bits per heavy atom. The highest BCUT2D eigenvalue weighted by Crippen LogP contribution is 2.12. The minimum Gasteiger partial charge on any atom is -0.459 e. The predicted octanol–water partition coefficient (Wildman–Crippen LogP) is 2.95. The summed E-state index contributed by atoms with van der Waals surface area (Å²) in [5.74, 6) is -0.639. The first-order valence-electron chi connectivity index (χ1n) is 7.83. The molecule has 0 aliphatic rings. The maximum Gasteiger partial charge on any atom is 0.408 e. The third-order valence-corrected chi connectivity index (χ3v) is 3.43. The van der Waals surface area contributed by atoms with Gasteiger partial charge in [-0.05, 0) is 30.2 Å². The van der Waals surface area contributed by atoms with Crippen LogP contribution >= 0.6 is 0 Å². The molecule has 0 spiro atoms. The molecule has 0 heterocycles. The zero-order valence-corrected chi connectivity index (χ0v) is 14.1. The van der Waals surface area contributed by atoms with Crippen LogP contribution in [0.1, 0.15) is 18.1 Å². The first kappa shape index (κ1) is 18.9. The molecule has 1 atom stereocenters. The van der Waals surface area contributed by atoms with Gasteiger partial charge >= 0.3 is 12.1 Å². The fraction of sp³-hybridized carbons (Fsp3) is 0.222. The van der Waals surface area contributed by atoms with E-state index >= 15 is 0 Å². The minimum absolute atomic E-state index is 0.0451. The molecular formula is C18H18N2O6. The number of nitro groups is 1. The van der Waals surface area contributed by atoms with Gasteiger partial charge in [0.05, 0.1) is 4.92 Å². The summed E-state index contributed by atoms with van der Waals surface area (Å²) < 4.78 is 10.1. The standard InChI is InChI=1S/C18H18N2O6/c1-13(19-18(22)26-12-14-5-3-2-4-6-14)17(21)25-11-15-7-9-16(10-8-15)20(23)24/h2-10,13H,11-12H2,1H3,(H,19,22)/t13-/m1/s1. The van der Waals surface area contributed by atoms with Crippen LogP contribution in [0.2, 0.25) is 0 Å². The number of hydrogen-bond donors (Lipinski definition) is 1. The third kappa shape index (κ3) is 5.90. The topological polar surface area (TPSA) is 108 Å².